The summed E-state index contributed by atoms with van der Waals surface area (Å²) in [6.45, 7) is 0. The fourth-order valence-electron chi connectivity index (χ4n) is 2.53. The first-order chi connectivity index (χ1) is 12.2. The van der Waals surface area contributed by atoms with Gasteiger partial charge >= 0.3 is 0 Å². The van der Waals surface area contributed by atoms with Crippen molar-refractivity contribution in [3.8, 4) is 11.1 Å². The van der Waals surface area contributed by atoms with E-state index in [9.17, 15) is 0 Å². The van der Waals surface area contributed by atoms with Gasteiger partial charge in [0.1, 0.15) is 16.2 Å². The monoisotopic (exact) mass is 402 g/mol. The van der Waals surface area contributed by atoms with E-state index in [4.69, 9.17) is 23.2 Å². The molecule has 2 aromatic carbocycles. The van der Waals surface area contributed by atoms with E-state index in [1.807, 2.05) is 48.5 Å². The molecule has 6 heteroatoms. The lowest BCUT2D eigenvalue weighted by Gasteiger charge is -2.06. The third kappa shape index (κ3) is 3.67. The Kier molecular flexibility index (Phi) is 4.95. The van der Waals surface area contributed by atoms with Crippen LogP contribution in [0.5, 0.6) is 0 Å². The van der Waals surface area contributed by atoms with Gasteiger partial charge in [-0.2, -0.15) is 0 Å². The van der Waals surface area contributed by atoms with Crippen LogP contribution in [0.4, 0.5) is 0 Å². The van der Waals surface area contributed by atoms with Crippen molar-refractivity contribution in [2.24, 2.45) is 0 Å². The number of aromatic nitrogens is 2. The molecule has 4 aromatic rings. The first-order valence-corrected chi connectivity index (χ1v) is 10.2. The van der Waals surface area contributed by atoms with Gasteiger partial charge in [-0.05, 0) is 35.4 Å². The minimum absolute atomic E-state index is 0.733. The van der Waals surface area contributed by atoms with Gasteiger partial charge in [0.2, 0.25) is 0 Å². The number of rotatable bonds is 4. The van der Waals surface area contributed by atoms with Gasteiger partial charge in [-0.25, -0.2) is 9.97 Å². The molecule has 0 bridgehead atoms. The summed E-state index contributed by atoms with van der Waals surface area (Å²) in [6.07, 6.45) is 1.63. The Bertz CT molecular complexity index is 1010. The average molecular weight is 403 g/mol. The number of hydrogen-bond acceptors (Lipinski definition) is 4. The van der Waals surface area contributed by atoms with Crippen LogP contribution in [0.25, 0.3) is 21.3 Å². The molecule has 0 unspecified atom stereocenters. The summed E-state index contributed by atoms with van der Waals surface area (Å²) in [7, 11) is 0. The first-order valence-electron chi connectivity index (χ1n) is 7.56. The van der Waals surface area contributed by atoms with Crippen molar-refractivity contribution in [1.82, 2.24) is 9.97 Å². The summed E-state index contributed by atoms with van der Waals surface area (Å²) in [5.74, 6) is 0.833. The average Bonchev–Trinajstić information content (AvgIpc) is 3.07. The zero-order valence-electron chi connectivity index (χ0n) is 12.9. The maximum atomic E-state index is 6.02. The van der Waals surface area contributed by atoms with Crippen LogP contribution in [0.2, 0.25) is 10.0 Å². The van der Waals surface area contributed by atoms with Gasteiger partial charge in [-0.3, -0.25) is 0 Å². The van der Waals surface area contributed by atoms with E-state index in [2.05, 4.69) is 15.3 Å². The van der Waals surface area contributed by atoms with Crippen LogP contribution in [0, 0.1) is 0 Å². The molecule has 0 aliphatic heterocycles. The number of thiophene rings is 1. The third-order valence-electron chi connectivity index (χ3n) is 3.78. The van der Waals surface area contributed by atoms with Gasteiger partial charge in [0.15, 0.2) is 0 Å². The highest BCUT2D eigenvalue weighted by molar-refractivity contribution is 7.98. The molecule has 0 radical (unpaired) electrons. The molecule has 0 saturated heterocycles. The second-order valence-corrected chi connectivity index (χ2v) is 8.13. The molecular weight excluding hydrogens is 391 g/mol. The molecule has 2 heterocycles. The fourth-order valence-corrected chi connectivity index (χ4v) is 4.73. The van der Waals surface area contributed by atoms with Crippen LogP contribution < -0.4 is 0 Å². The number of halogens is 2. The van der Waals surface area contributed by atoms with E-state index >= 15 is 0 Å². The van der Waals surface area contributed by atoms with E-state index < -0.39 is 0 Å². The maximum Gasteiger partial charge on any atom is 0.128 e. The highest BCUT2D eigenvalue weighted by Crippen LogP contribution is 2.38. The van der Waals surface area contributed by atoms with Gasteiger partial charge in [0, 0.05) is 26.7 Å². The number of nitrogens with zero attached hydrogens (tertiary/aromatic N) is 2. The highest BCUT2D eigenvalue weighted by Gasteiger charge is 2.13. The quantitative estimate of drug-likeness (QED) is 0.272. The predicted octanol–water partition coefficient (Wildman–Crippen LogP) is 6.96. The van der Waals surface area contributed by atoms with Gasteiger partial charge < -0.3 is 0 Å². The SMILES string of the molecule is Clc1ccc(CSc2ncnc3scc(-c4ccc(Cl)cc4)c23)cc1. The third-order valence-corrected chi connectivity index (χ3v) is 6.23. The summed E-state index contributed by atoms with van der Waals surface area (Å²) in [4.78, 5) is 9.94. The first kappa shape index (κ1) is 16.9. The molecule has 0 atom stereocenters. The lowest BCUT2D eigenvalue weighted by atomic mass is 10.1. The Morgan fingerprint density at radius 1 is 0.880 bits per heavy atom. The molecule has 0 spiro atoms. The van der Waals surface area contributed by atoms with Gasteiger partial charge in [0.05, 0.1) is 5.39 Å². The predicted molar refractivity (Wildman–Crippen MR) is 109 cm³/mol. The minimum Gasteiger partial charge on any atom is -0.229 e. The largest absolute Gasteiger partial charge is 0.229 e. The van der Waals surface area contributed by atoms with Crippen LogP contribution in [-0.4, -0.2) is 9.97 Å². The molecule has 2 aromatic heterocycles. The second-order valence-electron chi connectivity index (χ2n) is 5.43. The molecule has 25 heavy (non-hydrogen) atoms. The lowest BCUT2D eigenvalue weighted by molar-refractivity contribution is 1.11. The van der Waals surface area contributed by atoms with Crippen LogP contribution in [0.15, 0.2) is 65.3 Å². The molecule has 0 amide bonds. The number of fused-ring (bicyclic) bond motifs is 1. The van der Waals surface area contributed by atoms with E-state index in [-0.39, 0.29) is 0 Å². The number of thioether (sulfide) groups is 1. The lowest BCUT2D eigenvalue weighted by Crippen LogP contribution is -1.87. The standard InChI is InChI=1S/C19H12Cl2N2S2/c20-14-5-1-12(2-6-14)9-24-18-17-16(10-25-19(17)23-11-22-18)13-3-7-15(21)8-4-13/h1-8,10-11H,9H2. The van der Waals surface area contributed by atoms with Crippen molar-refractivity contribution >= 4 is 56.5 Å². The van der Waals surface area contributed by atoms with E-state index in [1.54, 1.807) is 29.4 Å². The van der Waals surface area contributed by atoms with Crippen LogP contribution in [-0.2, 0) is 5.75 Å². The number of hydrogen-bond donors (Lipinski definition) is 0. The Morgan fingerprint density at radius 2 is 1.56 bits per heavy atom. The summed E-state index contributed by atoms with van der Waals surface area (Å²) in [6, 6.07) is 15.8. The Labute approximate surface area is 163 Å². The molecule has 124 valence electrons. The van der Waals surface area contributed by atoms with Crippen LogP contribution in [0.1, 0.15) is 5.56 Å². The van der Waals surface area contributed by atoms with Gasteiger partial charge in [0.25, 0.3) is 0 Å². The summed E-state index contributed by atoms with van der Waals surface area (Å²) >= 11 is 15.3. The van der Waals surface area contributed by atoms with Gasteiger partial charge in [-0.15, -0.1) is 23.1 Å². The molecule has 0 saturated carbocycles. The second kappa shape index (κ2) is 7.34. The van der Waals surface area contributed by atoms with Crippen molar-refractivity contribution in [2.45, 2.75) is 10.8 Å². The highest BCUT2D eigenvalue weighted by atomic mass is 35.5. The minimum atomic E-state index is 0.733. The van der Waals surface area contributed by atoms with Crippen molar-refractivity contribution in [3.05, 3.63) is 75.8 Å². The van der Waals surface area contributed by atoms with Crippen molar-refractivity contribution in [1.29, 1.82) is 0 Å². The normalized spacial score (nSPS) is 11.1. The zero-order valence-corrected chi connectivity index (χ0v) is 16.1. The molecule has 0 N–H and O–H groups in total. The molecule has 0 aliphatic carbocycles. The van der Waals surface area contributed by atoms with Crippen molar-refractivity contribution in [3.63, 3.8) is 0 Å². The smallest absolute Gasteiger partial charge is 0.128 e. The molecular formula is C19H12Cl2N2S2. The van der Waals surface area contributed by atoms with Crippen LogP contribution >= 0.6 is 46.3 Å². The Hall–Kier alpha value is -1.59. The van der Waals surface area contributed by atoms with E-state index in [0.29, 0.717) is 0 Å². The summed E-state index contributed by atoms with van der Waals surface area (Å²) < 4.78 is 0. The molecule has 2 nitrogen and oxygen atoms in total. The van der Waals surface area contributed by atoms with Crippen molar-refractivity contribution < 1.29 is 0 Å². The maximum absolute atomic E-state index is 6.02. The zero-order chi connectivity index (χ0) is 17.2. The molecule has 4 rings (SSSR count). The van der Waals surface area contributed by atoms with E-state index in [0.717, 1.165) is 42.2 Å². The topological polar surface area (TPSA) is 25.8 Å². The summed E-state index contributed by atoms with van der Waals surface area (Å²) in [5, 5.41) is 5.72. The fraction of sp³-hybridized carbons (Fsp3) is 0.0526. The van der Waals surface area contributed by atoms with Gasteiger partial charge in [-0.1, -0.05) is 47.5 Å². The van der Waals surface area contributed by atoms with E-state index in [1.165, 1.54) is 5.56 Å². The molecule has 0 fully saturated rings. The molecule has 0 aliphatic rings. The summed E-state index contributed by atoms with van der Waals surface area (Å²) in [5.41, 5.74) is 3.49. The Morgan fingerprint density at radius 3 is 2.28 bits per heavy atom. The van der Waals surface area contributed by atoms with Crippen molar-refractivity contribution in [2.75, 3.05) is 0 Å². The van der Waals surface area contributed by atoms with Crippen LogP contribution in [0.3, 0.4) is 0 Å². The Balaban J connectivity index is 1.70. The number of benzene rings is 2.